The van der Waals surface area contributed by atoms with Gasteiger partial charge in [-0.15, -0.1) is 11.3 Å². The topological polar surface area (TPSA) is 108 Å². The van der Waals surface area contributed by atoms with Gasteiger partial charge in [-0.05, 0) is 43.3 Å². The van der Waals surface area contributed by atoms with Crippen LogP contribution in [0, 0.1) is 6.92 Å². The molecule has 0 saturated carbocycles. The normalized spacial score (nSPS) is 11.9. The first-order valence-corrected chi connectivity index (χ1v) is 12.4. The molecule has 0 bridgehead atoms. The molecule has 0 amide bonds. The molecule has 11 heteroatoms. The van der Waals surface area contributed by atoms with Gasteiger partial charge >= 0.3 is 0 Å². The van der Waals surface area contributed by atoms with Gasteiger partial charge in [0, 0.05) is 18.0 Å². The van der Waals surface area contributed by atoms with E-state index in [0.717, 1.165) is 5.69 Å². The number of hydrogen-bond donors (Lipinski definition) is 1. The molecule has 0 saturated heterocycles. The van der Waals surface area contributed by atoms with E-state index in [1.165, 1.54) is 25.6 Å². The molecule has 194 valence electrons. The van der Waals surface area contributed by atoms with E-state index in [-0.39, 0.29) is 22.8 Å². The summed E-state index contributed by atoms with van der Waals surface area (Å²) in [6, 6.07) is 16.3. The number of benzene rings is 2. The maximum absolute atomic E-state index is 13.4. The third kappa shape index (κ3) is 4.43. The van der Waals surface area contributed by atoms with E-state index in [1.807, 2.05) is 55.7 Å². The number of para-hydroxylation sites is 1. The number of aromatic nitrogens is 3. The first-order valence-electron chi connectivity index (χ1n) is 11.6. The molecule has 0 aliphatic rings. The van der Waals surface area contributed by atoms with E-state index in [4.69, 9.17) is 18.9 Å². The fourth-order valence-corrected chi connectivity index (χ4v) is 4.80. The number of rotatable bonds is 7. The SMILES string of the molecule is COc1cc(C=Nn2c(-c3ccco3)csc2=Nc2c(C)n(C)n(-c3ccccc3)c2=O)cc(OC)c1O. The number of furan rings is 1. The van der Waals surface area contributed by atoms with Gasteiger partial charge in [0.2, 0.25) is 10.6 Å². The molecular weight excluding hydrogens is 506 g/mol. The fourth-order valence-electron chi connectivity index (χ4n) is 3.97. The van der Waals surface area contributed by atoms with Crippen molar-refractivity contribution in [2.24, 2.45) is 17.1 Å². The van der Waals surface area contributed by atoms with Gasteiger partial charge in [0.05, 0.1) is 38.1 Å². The monoisotopic (exact) mass is 531 g/mol. The van der Waals surface area contributed by atoms with Crippen molar-refractivity contribution in [2.45, 2.75) is 6.92 Å². The van der Waals surface area contributed by atoms with Gasteiger partial charge in [-0.2, -0.15) is 5.10 Å². The molecule has 0 aliphatic heterocycles. The molecular formula is C27H25N5O5S. The third-order valence-electron chi connectivity index (χ3n) is 6.01. The van der Waals surface area contributed by atoms with Crippen LogP contribution in [0.3, 0.4) is 0 Å². The van der Waals surface area contributed by atoms with Crippen LogP contribution in [0.1, 0.15) is 11.3 Å². The second kappa shape index (κ2) is 10.3. The first kappa shape index (κ1) is 24.9. The molecule has 2 aromatic carbocycles. The second-order valence-electron chi connectivity index (χ2n) is 8.23. The predicted octanol–water partition coefficient (Wildman–Crippen LogP) is 4.44. The molecule has 3 heterocycles. The van der Waals surface area contributed by atoms with Gasteiger partial charge < -0.3 is 19.0 Å². The lowest BCUT2D eigenvalue weighted by Gasteiger charge is -2.09. The highest BCUT2D eigenvalue weighted by Crippen LogP contribution is 2.36. The van der Waals surface area contributed by atoms with Crippen molar-refractivity contribution in [1.29, 1.82) is 0 Å². The molecule has 10 nitrogen and oxygen atoms in total. The van der Waals surface area contributed by atoms with E-state index in [2.05, 4.69) is 5.10 Å². The van der Waals surface area contributed by atoms with Crippen molar-refractivity contribution in [3.63, 3.8) is 0 Å². The Kier molecular flexibility index (Phi) is 6.75. The maximum Gasteiger partial charge on any atom is 0.297 e. The lowest BCUT2D eigenvalue weighted by atomic mass is 10.2. The molecule has 0 atom stereocenters. The number of nitrogens with zero attached hydrogens (tertiary/aromatic N) is 5. The zero-order valence-electron chi connectivity index (χ0n) is 21.2. The van der Waals surface area contributed by atoms with Crippen molar-refractivity contribution < 1.29 is 19.0 Å². The Morgan fingerprint density at radius 2 is 1.76 bits per heavy atom. The highest BCUT2D eigenvalue weighted by Gasteiger charge is 2.17. The minimum Gasteiger partial charge on any atom is -0.502 e. The molecule has 3 aromatic heterocycles. The van der Waals surface area contributed by atoms with Gasteiger partial charge in [-0.3, -0.25) is 9.48 Å². The average molecular weight is 532 g/mol. The van der Waals surface area contributed by atoms with Gasteiger partial charge in [0.25, 0.3) is 5.56 Å². The summed E-state index contributed by atoms with van der Waals surface area (Å²) in [6.45, 7) is 1.85. The van der Waals surface area contributed by atoms with Gasteiger partial charge in [-0.1, -0.05) is 18.2 Å². The maximum atomic E-state index is 13.4. The minimum atomic E-state index is -0.243. The van der Waals surface area contributed by atoms with Crippen molar-refractivity contribution in [2.75, 3.05) is 14.2 Å². The highest BCUT2D eigenvalue weighted by molar-refractivity contribution is 7.07. The summed E-state index contributed by atoms with van der Waals surface area (Å²) in [5, 5.41) is 16.8. The number of ether oxygens (including phenoxy) is 2. The van der Waals surface area contributed by atoms with Crippen molar-refractivity contribution in [3.05, 3.63) is 92.7 Å². The second-order valence-corrected chi connectivity index (χ2v) is 9.07. The summed E-state index contributed by atoms with van der Waals surface area (Å²) in [4.78, 5) is 18.7. The summed E-state index contributed by atoms with van der Waals surface area (Å²) >= 11 is 1.33. The highest BCUT2D eigenvalue weighted by atomic mass is 32.1. The Hall–Kier alpha value is -4.77. The summed E-state index contributed by atoms with van der Waals surface area (Å²) in [5.74, 6) is 0.987. The van der Waals surface area contributed by atoms with E-state index < -0.39 is 0 Å². The average Bonchev–Trinajstić information content (AvgIpc) is 3.65. The van der Waals surface area contributed by atoms with Crippen molar-refractivity contribution >= 4 is 23.2 Å². The standard InChI is InChI=1S/C27H25N5O5S/c1-17-24(26(34)32(30(17)2)19-9-6-5-7-10-19)29-27-31(20(16-38-27)21-11-8-12-37-21)28-15-18-13-22(35-3)25(33)23(14-18)36-4/h5-16,33H,1-4H3. The molecule has 1 N–H and O–H groups in total. The predicted molar refractivity (Wildman–Crippen MR) is 145 cm³/mol. The number of methoxy groups -OCH3 is 2. The Morgan fingerprint density at radius 3 is 2.39 bits per heavy atom. The van der Waals surface area contributed by atoms with Crippen molar-refractivity contribution in [1.82, 2.24) is 14.0 Å². The quantitative estimate of drug-likeness (QED) is 0.312. The molecule has 38 heavy (non-hydrogen) atoms. The minimum absolute atomic E-state index is 0.100. The van der Waals surface area contributed by atoms with Crippen molar-refractivity contribution in [3.8, 4) is 34.4 Å². The van der Waals surface area contributed by atoms with Crippen LogP contribution >= 0.6 is 11.3 Å². The lowest BCUT2D eigenvalue weighted by molar-refractivity contribution is 0.340. The van der Waals surface area contributed by atoms with Crippen LogP contribution in [0.5, 0.6) is 17.2 Å². The molecule has 0 radical (unpaired) electrons. The number of aromatic hydroxyl groups is 1. The van der Waals surface area contributed by atoms with Crippen LogP contribution in [-0.2, 0) is 7.05 Å². The summed E-state index contributed by atoms with van der Waals surface area (Å²) in [7, 11) is 4.74. The van der Waals surface area contributed by atoms with E-state index in [0.29, 0.717) is 33.2 Å². The molecule has 5 aromatic rings. The Bertz CT molecular complexity index is 1720. The Balaban J connectivity index is 1.67. The largest absolute Gasteiger partial charge is 0.502 e. The van der Waals surface area contributed by atoms with Gasteiger partial charge in [-0.25, -0.2) is 14.4 Å². The summed E-state index contributed by atoms with van der Waals surface area (Å²) in [5.41, 5.74) is 2.79. The number of phenols is 1. The fraction of sp³-hybridized carbons (Fsp3) is 0.148. The van der Waals surface area contributed by atoms with Crippen LogP contribution in [0.15, 0.2) is 85.5 Å². The zero-order valence-corrected chi connectivity index (χ0v) is 22.0. The number of thiazole rings is 1. The Labute approximate surface area is 221 Å². The summed E-state index contributed by atoms with van der Waals surface area (Å²) in [6.07, 6.45) is 3.16. The van der Waals surface area contributed by atoms with Crippen LogP contribution < -0.4 is 19.8 Å². The smallest absolute Gasteiger partial charge is 0.297 e. The number of phenolic OH excluding ortho intramolecular Hbond substituents is 1. The van der Waals surface area contributed by atoms with E-state index in [1.54, 1.807) is 44.7 Å². The van der Waals surface area contributed by atoms with Crippen LogP contribution in [0.4, 0.5) is 5.69 Å². The Morgan fingerprint density at radius 1 is 1.05 bits per heavy atom. The zero-order chi connectivity index (χ0) is 26.8. The van der Waals surface area contributed by atoms with Gasteiger partial charge in [0.15, 0.2) is 22.9 Å². The van der Waals surface area contributed by atoms with Crippen LogP contribution in [-0.4, -0.2) is 39.6 Å². The van der Waals surface area contributed by atoms with E-state index >= 15 is 0 Å². The molecule has 0 unspecified atom stereocenters. The number of hydrogen-bond acceptors (Lipinski definition) is 8. The first-order chi connectivity index (χ1) is 18.4. The lowest BCUT2D eigenvalue weighted by Crippen LogP contribution is -2.19. The molecule has 5 rings (SSSR count). The molecule has 0 spiro atoms. The summed E-state index contributed by atoms with van der Waals surface area (Å²) < 4.78 is 21.1. The van der Waals surface area contributed by atoms with E-state index in [9.17, 15) is 9.90 Å². The van der Waals surface area contributed by atoms with Crippen LogP contribution in [0.2, 0.25) is 0 Å². The molecule has 0 fully saturated rings. The van der Waals surface area contributed by atoms with Crippen LogP contribution in [0.25, 0.3) is 17.1 Å². The third-order valence-corrected chi connectivity index (χ3v) is 6.83. The van der Waals surface area contributed by atoms with Gasteiger partial charge in [0.1, 0.15) is 5.69 Å². The molecule has 0 aliphatic carbocycles.